The van der Waals surface area contributed by atoms with Crippen LogP contribution in [-0.2, 0) is 4.74 Å². The third-order valence-electron chi connectivity index (χ3n) is 2.11. The van der Waals surface area contributed by atoms with Gasteiger partial charge in [0.1, 0.15) is 11.6 Å². The second kappa shape index (κ2) is 5.49. The van der Waals surface area contributed by atoms with Crippen molar-refractivity contribution < 1.29 is 18.7 Å². The van der Waals surface area contributed by atoms with Gasteiger partial charge in [-0.15, -0.1) is 11.3 Å². The van der Waals surface area contributed by atoms with E-state index >= 15 is 0 Å². The molecule has 2 aromatic rings. The van der Waals surface area contributed by atoms with Crippen molar-refractivity contribution in [1.82, 2.24) is 0 Å². The van der Waals surface area contributed by atoms with Crippen molar-refractivity contribution in [2.24, 2.45) is 0 Å². The van der Waals surface area contributed by atoms with Crippen LogP contribution in [0.2, 0.25) is 0 Å². The van der Waals surface area contributed by atoms with Gasteiger partial charge >= 0.3 is 5.97 Å². The molecule has 0 aliphatic rings. The maximum Gasteiger partial charge on any atom is 0.351 e. The Balaban J connectivity index is 2.29. The highest BCUT2D eigenvalue weighted by molar-refractivity contribution is 9.10. The third-order valence-corrected chi connectivity index (χ3v) is 3.61. The Bertz CT molecular complexity index is 582. The molecule has 3 nitrogen and oxygen atoms in total. The fourth-order valence-electron chi connectivity index (χ4n) is 1.30. The van der Waals surface area contributed by atoms with Gasteiger partial charge in [0.25, 0.3) is 0 Å². The largest absolute Gasteiger partial charge is 0.465 e. The average molecular weight is 331 g/mol. The lowest BCUT2D eigenvalue weighted by Crippen LogP contribution is -2.00. The molecule has 0 spiro atoms. The van der Waals surface area contributed by atoms with E-state index in [1.165, 1.54) is 36.6 Å². The summed E-state index contributed by atoms with van der Waals surface area (Å²) in [6.07, 6.45) is 0. The van der Waals surface area contributed by atoms with Crippen molar-refractivity contribution in [3.8, 4) is 11.5 Å². The van der Waals surface area contributed by atoms with Crippen LogP contribution in [0.15, 0.2) is 34.1 Å². The Hall–Kier alpha value is -1.40. The highest BCUT2D eigenvalue weighted by Crippen LogP contribution is 2.34. The Morgan fingerprint density at radius 3 is 2.78 bits per heavy atom. The van der Waals surface area contributed by atoms with E-state index in [0.29, 0.717) is 20.8 Å². The zero-order chi connectivity index (χ0) is 13.1. The second-order valence-electron chi connectivity index (χ2n) is 3.28. The van der Waals surface area contributed by atoms with Gasteiger partial charge in [-0.1, -0.05) is 0 Å². The number of ether oxygens (including phenoxy) is 2. The summed E-state index contributed by atoms with van der Waals surface area (Å²) in [5, 5.41) is 1.72. The molecule has 0 unspecified atom stereocenters. The average Bonchev–Trinajstić information content (AvgIpc) is 2.80. The van der Waals surface area contributed by atoms with E-state index in [2.05, 4.69) is 20.7 Å². The number of hydrogen-bond donors (Lipinski definition) is 0. The van der Waals surface area contributed by atoms with Gasteiger partial charge in [0.2, 0.25) is 0 Å². The Labute approximate surface area is 115 Å². The van der Waals surface area contributed by atoms with Crippen molar-refractivity contribution in [3.63, 3.8) is 0 Å². The number of thiophene rings is 1. The number of methoxy groups -OCH3 is 1. The van der Waals surface area contributed by atoms with Crippen LogP contribution in [0.4, 0.5) is 4.39 Å². The van der Waals surface area contributed by atoms with Crippen LogP contribution in [0.3, 0.4) is 0 Å². The number of carbonyl (C=O) groups is 1. The first-order chi connectivity index (χ1) is 8.61. The van der Waals surface area contributed by atoms with Crippen LogP contribution in [-0.4, -0.2) is 13.1 Å². The van der Waals surface area contributed by atoms with E-state index in [1.807, 2.05) is 0 Å². The van der Waals surface area contributed by atoms with Crippen molar-refractivity contribution in [1.29, 1.82) is 0 Å². The SMILES string of the molecule is COC(=O)c1sccc1Oc1ccc(F)cc1Br. The molecule has 0 N–H and O–H groups in total. The monoisotopic (exact) mass is 330 g/mol. The first kappa shape index (κ1) is 13.0. The molecular weight excluding hydrogens is 323 g/mol. The highest BCUT2D eigenvalue weighted by Gasteiger charge is 2.16. The zero-order valence-electron chi connectivity index (χ0n) is 9.28. The number of hydrogen-bond acceptors (Lipinski definition) is 4. The van der Waals surface area contributed by atoms with E-state index in [4.69, 9.17) is 4.74 Å². The van der Waals surface area contributed by atoms with Crippen molar-refractivity contribution in [2.75, 3.05) is 7.11 Å². The lowest BCUT2D eigenvalue weighted by molar-refractivity contribution is 0.0604. The number of halogens is 2. The normalized spacial score (nSPS) is 10.2. The minimum Gasteiger partial charge on any atom is -0.465 e. The van der Waals surface area contributed by atoms with E-state index in [-0.39, 0.29) is 5.82 Å². The van der Waals surface area contributed by atoms with Crippen LogP contribution in [0.1, 0.15) is 9.67 Å². The first-order valence-electron chi connectivity index (χ1n) is 4.90. The maximum absolute atomic E-state index is 12.9. The van der Waals surface area contributed by atoms with E-state index in [9.17, 15) is 9.18 Å². The summed E-state index contributed by atoms with van der Waals surface area (Å²) in [4.78, 5) is 11.8. The Kier molecular flexibility index (Phi) is 3.98. The van der Waals surface area contributed by atoms with Crippen LogP contribution in [0.25, 0.3) is 0 Å². The minimum atomic E-state index is -0.460. The fraction of sp³-hybridized carbons (Fsp3) is 0.0833. The molecule has 0 bridgehead atoms. The van der Waals surface area contributed by atoms with Gasteiger partial charge in [-0.3, -0.25) is 0 Å². The van der Waals surface area contributed by atoms with Crippen LogP contribution in [0, 0.1) is 5.82 Å². The van der Waals surface area contributed by atoms with Crippen molar-refractivity contribution >= 4 is 33.2 Å². The number of esters is 1. The molecule has 0 amide bonds. The minimum absolute atomic E-state index is 0.368. The molecule has 0 aliphatic heterocycles. The molecule has 1 heterocycles. The van der Waals surface area contributed by atoms with Crippen LogP contribution < -0.4 is 4.74 Å². The zero-order valence-corrected chi connectivity index (χ0v) is 11.7. The maximum atomic E-state index is 12.9. The lowest BCUT2D eigenvalue weighted by Gasteiger charge is -2.07. The molecule has 0 aliphatic carbocycles. The van der Waals surface area contributed by atoms with Gasteiger partial charge in [0.05, 0.1) is 11.6 Å². The molecule has 0 saturated carbocycles. The summed E-state index contributed by atoms with van der Waals surface area (Å²) in [5.41, 5.74) is 0. The van der Waals surface area contributed by atoms with Gasteiger partial charge in [-0.2, -0.15) is 0 Å². The molecule has 2 rings (SSSR count). The molecule has 0 atom stereocenters. The van der Waals surface area contributed by atoms with Crippen LogP contribution >= 0.6 is 27.3 Å². The summed E-state index contributed by atoms with van der Waals surface area (Å²) in [5.74, 6) is -0.00918. The molecule has 1 aromatic heterocycles. The highest BCUT2D eigenvalue weighted by atomic mass is 79.9. The summed E-state index contributed by atoms with van der Waals surface area (Å²) < 4.78 is 23.6. The van der Waals surface area contributed by atoms with E-state index in [0.717, 1.165) is 0 Å². The smallest absolute Gasteiger partial charge is 0.351 e. The van der Waals surface area contributed by atoms with Gasteiger partial charge < -0.3 is 9.47 Å². The predicted molar refractivity (Wildman–Crippen MR) is 69.8 cm³/mol. The summed E-state index contributed by atoms with van der Waals surface area (Å²) >= 11 is 4.42. The van der Waals surface area contributed by atoms with Crippen LogP contribution in [0.5, 0.6) is 11.5 Å². The van der Waals surface area contributed by atoms with Gasteiger partial charge in [-0.25, -0.2) is 9.18 Å². The predicted octanol–water partition coefficient (Wildman–Crippen LogP) is 4.23. The van der Waals surface area contributed by atoms with E-state index in [1.54, 1.807) is 11.4 Å². The number of rotatable bonds is 3. The lowest BCUT2D eigenvalue weighted by atomic mass is 10.3. The summed E-state index contributed by atoms with van der Waals surface area (Å²) in [6, 6.07) is 5.72. The molecule has 0 radical (unpaired) electrons. The van der Waals surface area contributed by atoms with Crippen molar-refractivity contribution in [2.45, 2.75) is 0 Å². The first-order valence-corrected chi connectivity index (χ1v) is 6.58. The number of carbonyl (C=O) groups excluding carboxylic acids is 1. The Morgan fingerprint density at radius 2 is 2.11 bits per heavy atom. The van der Waals surface area contributed by atoms with Gasteiger partial charge in [0.15, 0.2) is 10.6 Å². The second-order valence-corrected chi connectivity index (χ2v) is 5.05. The summed E-state index contributed by atoms with van der Waals surface area (Å²) in [7, 11) is 1.31. The Morgan fingerprint density at radius 1 is 1.33 bits per heavy atom. The van der Waals surface area contributed by atoms with Crippen molar-refractivity contribution in [3.05, 3.63) is 44.8 Å². The summed E-state index contributed by atoms with van der Waals surface area (Å²) in [6.45, 7) is 0. The fourth-order valence-corrected chi connectivity index (χ4v) is 2.46. The molecule has 94 valence electrons. The topological polar surface area (TPSA) is 35.5 Å². The van der Waals surface area contributed by atoms with E-state index < -0.39 is 5.97 Å². The number of benzene rings is 1. The van der Waals surface area contributed by atoms with Gasteiger partial charge in [-0.05, 0) is 45.6 Å². The molecular formula is C12H8BrFO3S. The molecule has 1 aromatic carbocycles. The van der Waals surface area contributed by atoms with Gasteiger partial charge in [0, 0.05) is 0 Å². The standard InChI is InChI=1S/C12H8BrFO3S/c1-16-12(15)11-10(4-5-18-11)17-9-3-2-7(14)6-8(9)13/h2-6H,1H3. The molecule has 0 fully saturated rings. The molecule has 6 heteroatoms. The molecule has 0 saturated heterocycles. The quantitative estimate of drug-likeness (QED) is 0.790. The molecule has 18 heavy (non-hydrogen) atoms. The third kappa shape index (κ3) is 2.70.